The first-order valence-corrected chi connectivity index (χ1v) is 12.4. The minimum Gasteiger partial charge on any atom is -0.508 e. The van der Waals surface area contributed by atoms with Gasteiger partial charge in [-0.25, -0.2) is 0 Å². The Morgan fingerprint density at radius 2 is 1.71 bits per heavy atom. The summed E-state index contributed by atoms with van der Waals surface area (Å²) in [5.41, 5.74) is 26.2. The topological polar surface area (TPSA) is 229 Å². The second-order valence-electron chi connectivity index (χ2n) is 9.46. The Hall–Kier alpha value is -4.16. The number of fused-ring (bicyclic) bond motifs is 5. The molecular formula is C26H35N7O5. The summed E-state index contributed by atoms with van der Waals surface area (Å²) in [5, 5.41) is 18.2. The molecule has 38 heavy (non-hydrogen) atoms. The summed E-state index contributed by atoms with van der Waals surface area (Å²) < 4.78 is 0. The third kappa shape index (κ3) is 6.99. The van der Waals surface area contributed by atoms with Crippen molar-refractivity contribution in [2.75, 3.05) is 12.3 Å². The molecule has 4 amide bonds. The van der Waals surface area contributed by atoms with Gasteiger partial charge in [-0.1, -0.05) is 12.1 Å². The van der Waals surface area contributed by atoms with Gasteiger partial charge < -0.3 is 44.0 Å². The van der Waals surface area contributed by atoms with Crippen LogP contribution in [0.1, 0.15) is 30.9 Å². The van der Waals surface area contributed by atoms with Gasteiger partial charge in [0.2, 0.25) is 23.6 Å². The molecule has 12 nitrogen and oxygen atoms in total. The van der Waals surface area contributed by atoms with Gasteiger partial charge in [0.05, 0.1) is 6.04 Å². The highest BCUT2D eigenvalue weighted by atomic mass is 16.3. The smallest absolute Gasteiger partial charge is 0.243 e. The number of nitrogen functional groups attached to an aromatic ring is 1. The average Bonchev–Trinajstić information content (AvgIpc) is 2.87. The van der Waals surface area contributed by atoms with Crippen LogP contribution in [0.4, 0.5) is 5.69 Å². The van der Waals surface area contributed by atoms with Crippen molar-refractivity contribution in [3.05, 3.63) is 47.5 Å². The number of aromatic hydroxyl groups is 1. The SMILES string of the molecule is C[C@H](NC(=O)[C@@H]1Cc2cc(ccc2N)-c2ccc(O)c(c2)C[C@H](N)C(=O)N[C@@H](CCCN)C(=O)N1)C(N)=O. The maximum atomic E-state index is 13.3. The lowest BCUT2D eigenvalue weighted by atomic mass is 9.95. The number of carbonyl (C=O) groups excluding carboxylic acids is 4. The minimum absolute atomic E-state index is 0.00919. The Bertz CT molecular complexity index is 1220. The number of phenols is 1. The van der Waals surface area contributed by atoms with E-state index in [0.29, 0.717) is 23.2 Å². The van der Waals surface area contributed by atoms with Crippen LogP contribution in [-0.2, 0) is 32.0 Å². The van der Waals surface area contributed by atoms with Crippen LogP contribution in [0.3, 0.4) is 0 Å². The van der Waals surface area contributed by atoms with Crippen molar-refractivity contribution in [3.8, 4) is 16.9 Å². The number of carbonyl (C=O) groups is 4. The molecule has 3 rings (SSSR count). The number of anilines is 1. The van der Waals surface area contributed by atoms with Crippen molar-refractivity contribution < 1.29 is 24.3 Å². The number of amides is 4. The molecule has 0 radical (unpaired) electrons. The maximum absolute atomic E-state index is 13.3. The van der Waals surface area contributed by atoms with E-state index in [1.165, 1.54) is 13.0 Å². The molecule has 1 heterocycles. The number of rotatable bonds is 6. The van der Waals surface area contributed by atoms with Crippen LogP contribution in [0.15, 0.2) is 36.4 Å². The quantitative estimate of drug-likeness (QED) is 0.212. The van der Waals surface area contributed by atoms with E-state index in [1.54, 1.807) is 30.3 Å². The van der Waals surface area contributed by atoms with Crippen molar-refractivity contribution in [3.63, 3.8) is 0 Å². The number of hydrogen-bond donors (Lipinski definition) is 8. The highest BCUT2D eigenvalue weighted by molar-refractivity contribution is 5.95. The first-order valence-electron chi connectivity index (χ1n) is 12.4. The number of primary amides is 1. The van der Waals surface area contributed by atoms with E-state index in [9.17, 15) is 24.3 Å². The maximum Gasteiger partial charge on any atom is 0.243 e. The van der Waals surface area contributed by atoms with E-state index in [1.807, 2.05) is 0 Å². The van der Waals surface area contributed by atoms with Gasteiger partial charge in [-0.05, 0) is 72.8 Å². The van der Waals surface area contributed by atoms with Crippen molar-refractivity contribution in [2.24, 2.45) is 17.2 Å². The fraction of sp³-hybridized carbons (Fsp3) is 0.385. The molecule has 2 aromatic carbocycles. The molecule has 2 aromatic rings. The highest BCUT2D eigenvalue weighted by Gasteiger charge is 2.30. The molecule has 0 aromatic heterocycles. The number of nitrogens with one attached hydrogen (secondary N) is 3. The lowest BCUT2D eigenvalue weighted by molar-refractivity contribution is -0.133. The molecule has 4 atom stereocenters. The minimum atomic E-state index is -1.15. The van der Waals surface area contributed by atoms with Gasteiger partial charge in [0.15, 0.2) is 0 Å². The van der Waals surface area contributed by atoms with E-state index < -0.39 is 47.8 Å². The van der Waals surface area contributed by atoms with Crippen molar-refractivity contribution >= 4 is 29.3 Å². The molecule has 204 valence electrons. The summed E-state index contributed by atoms with van der Waals surface area (Å²) in [4.78, 5) is 50.9. The van der Waals surface area contributed by atoms with Gasteiger partial charge in [0.1, 0.15) is 23.9 Å². The van der Waals surface area contributed by atoms with Gasteiger partial charge in [-0.2, -0.15) is 0 Å². The fourth-order valence-electron chi connectivity index (χ4n) is 4.18. The van der Waals surface area contributed by atoms with Crippen LogP contribution in [0.2, 0.25) is 0 Å². The molecule has 1 aliphatic heterocycles. The molecule has 4 bridgehead atoms. The zero-order valence-electron chi connectivity index (χ0n) is 21.2. The van der Waals surface area contributed by atoms with Gasteiger partial charge in [0, 0.05) is 18.5 Å². The monoisotopic (exact) mass is 525 g/mol. The Balaban J connectivity index is 2.09. The van der Waals surface area contributed by atoms with Crippen LogP contribution in [0, 0.1) is 0 Å². The van der Waals surface area contributed by atoms with E-state index in [-0.39, 0.29) is 31.6 Å². The van der Waals surface area contributed by atoms with Crippen LogP contribution < -0.4 is 38.9 Å². The van der Waals surface area contributed by atoms with Gasteiger partial charge in [0.25, 0.3) is 0 Å². The molecular weight excluding hydrogens is 490 g/mol. The fourth-order valence-corrected chi connectivity index (χ4v) is 4.18. The predicted molar refractivity (Wildman–Crippen MR) is 142 cm³/mol. The zero-order valence-corrected chi connectivity index (χ0v) is 21.2. The lowest BCUT2D eigenvalue weighted by Crippen LogP contribution is -2.58. The highest BCUT2D eigenvalue weighted by Crippen LogP contribution is 2.29. The Kier molecular flexibility index (Phi) is 9.26. The molecule has 0 aliphatic carbocycles. The third-order valence-corrected chi connectivity index (χ3v) is 6.50. The molecule has 0 saturated carbocycles. The largest absolute Gasteiger partial charge is 0.508 e. The summed E-state index contributed by atoms with van der Waals surface area (Å²) in [5.74, 6) is -2.64. The zero-order chi connectivity index (χ0) is 28.0. The normalized spacial score (nSPS) is 20.8. The molecule has 0 fully saturated rings. The standard InChI is InChI=1S/C26H35N7O5/c1-13(23(30)35)31-26(38)21-12-16-9-14(4-6-18(16)28)15-5-7-22(34)17(10-15)11-19(29)24(36)32-20(3-2-8-27)25(37)33-21/h4-7,9-10,13,19-21,34H,2-3,8,11-12,27-29H2,1H3,(H2,30,35)(H,31,38)(H,32,36)(H,33,37)/t13-,19-,20-,21-/m0/s1. The summed E-state index contributed by atoms with van der Waals surface area (Å²) in [6.45, 7) is 1.70. The van der Waals surface area contributed by atoms with Crippen molar-refractivity contribution in [1.29, 1.82) is 0 Å². The Morgan fingerprint density at radius 1 is 1.05 bits per heavy atom. The van der Waals surface area contributed by atoms with E-state index in [4.69, 9.17) is 22.9 Å². The first-order chi connectivity index (χ1) is 18.0. The van der Waals surface area contributed by atoms with Crippen molar-refractivity contribution in [2.45, 2.75) is 56.8 Å². The summed E-state index contributed by atoms with van der Waals surface area (Å²) >= 11 is 0. The molecule has 0 saturated heterocycles. The van der Waals surface area contributed by atoms with Crippen LogP contribution in [0.5, 0.6) is 5.75 Å². The second-order valence-corrected chi connectivity index (χ2v) is 9.46. The van der Waals surface area contributed by atoms with Crippen LogP contribution in [-0.4, -0.2) is 59.4 Å². The molecule has 0 unspecified atom stereocenters. The van der Waals surface area contributed by atoms with Crippen LogP contribution in [0.25, 0.3) is 11.1 Å². The van der Waals surface area contributed by atoms with E-state index >= 15 is 0 Å². The Morgan fingerprint density at radius 3 is 2.37 bits per heavy atom. The third-order valence-electron chi connectivity index (χ3n) is 6.50. The van der Waals surface area contributed by atoms with E-state index in [2.05, 4.69) is 16.0 Å². The first kappa shape index (κ1) is 28.4. The molecule has 0 spiro atoms. The average molecular weight is 526 g/mol. The van der Waals surface area contributed by atoms with Gasteiger partial charge >= 0.3 is 0 Å². The number of hydrogen-bond acceptors (Lipinski definition) is 8. The van der Waals surface area contributed by atoms with Crippen molar-refractivity contribution in [1.82, 2.24) is 16.0 Å². The number of phenolic OH excluding ortho intramolecular Hbond substituents is 1. The number of nitrogens with two attached hydrogens (primary N) is 4. The molecule has 1 aliphatic rings. The van der Waals surface area contributed by atoms with Gasteiger partial charge in [-0.3, -0.25) is 19.2 Å². The molecule has 12 heteroatoms. The second kappa shape index (κ2) is 12.4. The lowest BCUT2D eigenvalue weighted by Gasteiger charge is -2.25. The summed E-state index contributed by atoms with van der Waals surface area (Å²) in [7, 11) is 0. The summed E-state index contributed by atoms with van der Waals surface area (Å²) in [6, 6.07) is 5.97. The summed E-state index contributed by atoms with van der Waals surface area (Å²) in [6.07, 6.45) is 0.630. The van der Waals surface area contributed by atoms with E-state index in [0.717, 1.165) is 11.1 Å². The predicted octanol–water partition coefficient (Wildman–Crippen LogP) is -1.23. The molecule has 12 N–H and O–H groups in total. The van der Waals surface area contributed by atoms with Gasteiger partial charge in [-0.15, -0.1) is 0 Å². The van der Waals surface area contributed by atoms with Crippen LogP contribution >= 0.6 is 0 Å². The number of benzene rings is 2. The Labute approximate surface area is 220 Å².